The van der Waals surface area contributed by atoms with E-state index in [-0.39, 0.29) is 19.4 Å². The number of nitrogens with two attached hydrogens (primary N) is 1. The largest absolute Gasteiger partial charge is 0.497 e. The first-order chi connectivity index (χ1) is 19.5. The number of nitrogens with one attached hydrogen (secondary N) is 2. The molecule has 3 rings (SSSR count). The number of aliphatic carboxylic acids is 1. The van der Waals surface area contributed by atoms with Gasteiger partial charge < -0.3 is 41.0 Å². The van der Waals surface area contributed by atoms with Gasteiger partial charge in [-0.05, 0) is 49.1 Å². The summed E-state index contributed by atoms with van der Waals surface area (Å²) in [5, 5.41) is 25.7. The number of carboxylic acid groups (broad SMARTS) is 1. The maximum absolute atomic E-state index is 13.0. The highest BCUT2D eigenvalue weighted by atomic mass is 16.5. The monoisotopic (exact) mass is 570 g/mol. The molecule has 4 amide bonds. The standard InChI is InChI=1S/C28H34N4O9/c1-40-19-10-12-20(13-11-19)41-17-24(34)30-21(16-23(29)33)26(36)31-22-14-15-32(28(22,39)27(37)38)25(35)9-5-8-18-6-3-2-4-7-18/h2-4,6-7,10-13,21-22,39H,5,8-9,14-17H2,1H3,(H2,29,33)(H,30,34)(H,31,36)(H,37,38)/t21-,22-,28-/m0/s1. The molecule has 3 atom stereocenters. The van der Waals surface area contributed by atoms with Gasteiger partial charge in [0, 0.05) is 13.0 Å². The summed E-state index contributed by atoms with van der Waals surface area (Å²) in [7, 11) is 1.50. The van der Waals surface area contributed by atoms with Crippen LogP contribution in [0.2, 0.25) is 0 Å². The van der Waals surface area contributed by atoms with Crippen molar-refractivity contribution in [3.8, 4) is 11.5 Å². The van der Waals surface area contributed by atoms with Crippen molar-refractivity contribution in [2.45, 2.75) is 49.9 Å². The molecule has 1 fully saturated rings. The van der Waals surface area contributed by atoms with Gasteiger partial charge in [0.2, 0.25) is 17.7 Å². The molecule has 2 aromatic carbocycles. The Morgan fingerprint density at radius 2 is 1.73 bits per heavy atom. The van der Waals surface area contributed by atoms with Crippen LogP contribution in [0, 0.1) is 0 Å². The van der Waals surface area contributed by atoms with E-state index in [1.165, 1.54) is 7.11 Å². The molecule has 1 heterocycles. The Balaban J connectivity index is 1.61. The lowest BCUT2D eigenvalue weighted by atomic mass is 10.0. The lowest BCUT2D eigenvalue weighted by Gasteiger charge is -2.34. The van der Waals surface area contributed by atoms with Crippen LogP contribution >= 0.6 is 0 Å². The normalized spacial score (nSPS) is 18.7. The maximum atomic E-state index is 13.0. The van der Waals surface area contributed by atoms with E-state index in [0.717, 1.165) is 10.5 Å². The molecule has 1 saturated heterocycles. The van der Waals surface area contributed by atoms with E-state index >= 15 is 0 Å². The van der Waals surface area contributed by atoms with Crippen molar-refractivity contribution in [1.29, 1.82) is 0 Å². The van der Waals surface area contributed by atoms with Crippen molar-refractivity contribution in [2.75, 3.05) is 20.3 Å². The molecule has 2 aromatic rings. The first kappa shape index (κ1) is 30.9. The van der Waals surface area contributed by atoms with E-state index in [1.807, 2.05) is 30.3 Å². The number of aliphatic hydroxyl groups is 1. The van der Waals surface area contributed by atoms with Gasteiger partial charge in [-0.25, -0.2) is 4.79 Å². The smallest absolute Gasteiger partial charge is 0.359 e. The van der Waals surface area contributed by atoms with Crippen molar-refractivity contribution in [3.05, 3.63) is 60.2 Å². The summed E-state index contributed by atoms with van der Waals surface area (Å²) in [6, 6.07) is 12.9. The molecule has 0 unspecified atom stereocenters. The van der Waals surface area contributed by atoms with E-state index in [4.69, 9.17) is 15.2 Å². The molecule has 0 aliphatic carbocycles. The molecule has 0 aromatic heterocycles. The molecule has 6 N–H and O–H groups in total. The second-order valence-corrected chi connectivity index (χ2v) is 9.52. The average molecular weight is 571 g/mol. The van der Waals surface area contributed by atoms with Crippen LogP contribution in [0.25, 0.3) is 0 Å². The summed E-state index contributed by atoms with van der Waals surface area (Å²) in [6.45, 7) is -0.622. The number of hydrogen-bond donors (Lipinski definition) is 5. The predicted octanol–water partition coefficient (Wildman–Crippen LogP) is -0.0526. The summed E-state index contributed by atoms with van der Waals surface area (Å²) in [6.07, 6.45) is 0.330. The van der Waals surface area contributed by atoms with Gasteiger partial charge in [-0.2, -0.15) is 0 Å². The fourth-order valence-electron chi connectivity index (χ4n) is 4.53. The lowest BCUT2D eigenvalue weighted by molar-refractivity contribution is -0.186. The second kappa shape index (κ2) is 14.1. The summed E-state index contributed by atoms with van der Waals surface area (Å²) < 4.78 is 10.4. The van der Waals surface area contributed by atoms with Crippen molar-refractivity contribution < 1.29 is 43.7 Å². The number of aryl methyl sites for hydroxylation is 1. The number of carbonyl (C=O) groups is 5. The molecular formula is C28H34N4O9. The molecule has 1 aliphatic heterocycles. The number of likely N-dealkylation sites (tertiary alicyclic amines) is 1. The van der Waals surface area contributed by atoms with Gasteiger partial charge >= 0.3 is 5.97 Å². The quantitative estimate of drug-likeness (QED) is 0.207. The Morgan fingerprint density at radius 3 is 2.34 bits per heavy atom. The first-order valence-corrected chi connectivity index (χ1v) is 13.0. The molecule has 0 radical (unpaired) electrons. The van der Waals surface area contributed by atoms with Crippen LogP contribution in [0.15, 0.2) is 54.6 Å². The number of primary amides is 1. The highest BCUT2D eigenvalue weighted by Crippen LogP contribution is 2.29. The van der Waals surface area contributed by atoms with Crippen LogP contribution in [0.3, 0.4) is 0 Å². The van der Waals surface area contributed by atoms with E-state index in [1.54, 1.807) is 24.3 Å². The highest BCUT2D eigenvalue weighted by Gasteiger charge is 2.56. The Hall–Kier alpha value is -4.65. The van der Waals surface area contributed by atoms with Gasteiger partial charge in [-0.3, -0.25) is 19.2 Å². The molecule has 13 nitrogen and oxygen atoms in total. The molecule has 1 aliphatic rings. The third kappa shape index (κ3) is 8.18. The summed E-state index contributed by atoms with van der Waals surface area (Å²) >= 11 is 0. The van der Waals surface area contributed by atoms with E-state index in [2.05, 4.69) is 10.6 Å². The SMILES string of the molecule is COc1ccc(OCC(=O)N[C@@H](CC(N)=O)C(=O)N[C@H]2CCN(C(=O)CCCc3ccccc3)[C@@]2(O)C(=O)O)cc1. The second-order valence-electron chi connectivity index (χ2n) is 9.52. The molecule has 0 saturated carbocycles. The number of carboxylic acids is 1. The number of amides is 4. The van der Waals surface area contributed by atoms with Crippen molar-refractivity contribution >= 4 is 29.6 Å². The van der Waals surface area contributed by atoms with E-state index < -0.39 is 60.4 Å². The summed E-state index contributed by atoms with van der Waals surface area (Å²) in [5.74, 6) is -3.98. The third-order valence-electron chi connectivity index (χ3n) is 6.66. The minimum Gasteiger partial charge on any atom is -0.497 e. The van der Waals surface area contributed by atoms with Crippen LogP contribution in [-0.2, 0) is 30.4 Å². The number of carbonyl (C=O) groups excluding carboxylic acids is 4. The number of ether oxygens (including phenoxy) is 2. The van der Waals surface area contributed by atoms with Gasteiger partial charge in [0.1, 0.15) is 17.5 Å². The van der Waals surface area contributed by atoms with E-state index in [9.17, 15) is 34.2 Å². The minimum atomic E-state index is -2.72. The summed E-state index contributed by atoms with van der Waals surface area (Å²) in [4.78, 5) is 63.0. The van der Waals surface area contributed by atoms with Crippen LogP contribution in [-0.4, -0.2) is 82.8 Å². The Morgan fingerprint density at radius 1 is 1.07 bits per heavy atom. The van der Waals surface area contributed by atoms with Crippen LogP contribution in [0.1, 0.15) is 31.2 Å². The zero-order valence-electron chi connectivity index (χ0n) is 22.6. The van der Waals surface area contributed by atoms with Gasteiger partial charge in [0.05, 0.1) is 19.6 Å². The van der Waals surface area contributed by atoms with Crippen molar-refractivity contribution in [3.63, 3.8) is 0 Å². The molecule has 220 valence electrons. The molecule has 0 spiro atoms. The summed E-state index contributed by atoms with van der Waals surface area (Å²) in [5.41, 5.74) is 3.54. The fraction of sp³-hybridized carbons (Fsp3) is 0.393. The molecule has 41 heavy (non-hydrogen) atoms. The zero-order valence-corrected chi connectivity index (χ0v) is 22.6. The van der Waals surface area contributed by atoms with Crippen molar-refractivity contribution in [2.24, 2.45) is 5.73 Å². The number of methoxy groups -OCH3 is 1. The number of nitrogens with zero attached hydrogens (tertiary/aromatic N) is 1. The van der Waals surface area contributed by atoms with E-state index in [0.29, 0.717) is 24.3 Å². The average Bonchev–Trinajstić information content (AvgIpc) is 3.29. The van der Waals surface area contributed by atoms with Crippen LogP contribution in [0.4, 0.5) is 0 Å². The predicted molar refractivity (Wildman–Crippen MR) is 144 cm³/mol. The van der Waals surface area contributed by atoms with Gasteiger partial charge in [0.15, 0.2) is 6.61 Å². The third-order valence-corrected chi connectivity index (χ3v) is 6.66. The van der Waals surface area contributed by atoms with Crippen molar-refractivity contribution in [1.82, 2.24) is 15.5 Å². The molecule has 13 heteroatoms. The first-order valence-electron chi connectivity index (χ1n) is 13.0. The Bertz CT molecular complexity index is 1240. The van der Waals surface area contributed by atoms with Crippen LogP contribution in [0.5, 0.6) is 11.5 Å². The fourth-order valence-corrected chi connectivity index (χ4v) is 4.53. The lowest BCUT2D eigenvalue weighted by Crippen LogP contribution is -2.64. The van der Waals surface area contributed by atoms with Gasteiger partial charge in [-0.1, -0.05) is 30.3 Å². The number of hydrogen-bond acceptors (Lipinski definition) is 8. The minimum absolute atomic E-state index is 0.0142. The molecule has 0 bridgehead atoms. The molecular weight excluding hydrogens is 536 g/mol. The highest BCUT2D eigenvalue weighted by molar-refractivity contribution is 5.93. The maximum Gasteiger partial charge on any atom is 0.359 e. The Labute approximate surface area is 236 Å². The number of benzene rings is 2. The van der Waals surface area contributed by atoms with Crippen LogP contribution < -0.4 is 25.8 Å². The van der Waals surface area contributed by atoms with Gasteiger partial charge in [-0.15, -0.1) is 0 Å². The Kier molecular flexibility index (Phi) is 10.6. The zero-order chi connectivity index (χ0) is 30.0. The van der Waals surface area contributed by atoms with Gasteiger partial charge in [0.25, 0.3) is 11.6 Å². The number of rotatable bonds is 14. The topological polar surface area (TPSA) is 198 Å².